The zero-order valence-corrected chi connectivity index (χ0v) is 13.7. The number of nitrogens with one attached hydrogen (secondary N) is 1. The predicted molar refractivity (Wildman–Crippen MR) is 89.5 cm³/mol. The molecule has 2 nitrogen and oxygen atoms in total. The van der Waals surface area contributed by atoms with E-state index >= 15 is 0 Å². The van der Waals surface area contributed by atoms with Crippen LogP contribution in [-0.4, -0.2) is 19.7 Å². The highest BCUT2D eigenvalue weighted by atomic mass is 16.5. The molecule has 0 radical (unpaired) electrons. The third-order valence-electron chi connectivity index (χ3n) is 3.97. The van der Waals surface area contributed by atoms with Gasteiger partial charge < -0.3 is 10.1 Å². The SMILES string of the molecule is CC(=CCCNCC(C)C)CC1OCCc2ccccc21. The molecule has 0 aromatic heterocycles. The minimum atomic E-state index is 0.245. The van der Waals surface area contributed by atoms with Crippen LogP contribution < -0.4 is 5.32 Å². The van der Waals surface area contributed by atoms with Gasteiger partial charge >= 0.3 is 0 Å². The fraction of sp³-hybridized carbons (Fsp3) is 0.579. The highest BCUT2D eigenvalue weighted by Crippen LogP contribution is 2.31. The summed E-state index contributed by atoms with van der Waals surface area (Å²) >= 11 is 0. The van der Waals surface area contributed by atoms with Crippen LogP contribution in [0.3, 0.4) is 0 Å². The molecule has 0 saturated heterocycles. The summed E-state index contributed by atoms with van der Waals surface area (Å²) in [5.41, 5.74) is 4.28. The summed E-state index contributed by atoms with van der Waals surface area (Å²) in [4.78, 5) is 0. The lowest BCUT2D eigenvalue weighted by Crippen LogP contribution is -2.20. The Balaban J connectivity index is 1.82. The van der Waals surface area contributed by atoms with Crippen molar-refractivity contribution in [1.82, 2.24) is 5.32 Å². The summed E-state index contributed by atoms with van der Waals surface area (Å²) in [5, 5.41) is 3.48. The van der Waals surface area contributed by atoms with Crippen molar-refractivity contribution in [2.75, 3.05) is 19.7 Å². The number of rotatable bonds is 7. The van der Waals surface area contributed by atoms with E-state index < -0.39 is 0 Å². The van der Waals surface area contributed by atoms with E-state index in [1.165, 1.54) is 16.7 Å². The Morgan fingerprint density at radius 3 is 3.00 bits per heavy atom. The topological polar surface area (TPSA) is 21.3 Å². The first kappa shape index (κ1) is 16.3. The molecule has 0 amide bonds. The molecule has 1 unspecified atom stereocenters. The van der Waals surface area contributed by atoms with Crippen molar-refractivity contribution in [1.29, 1.82) is 0 Å². The molecule has 0 bridgehead atoms. The van der Waals surface area contributed by atoms with Gasteiger partial charge in [-0.05, 0) is 56.3 Å². The van der Waals surface area contributed by atoms with E-state index in [2.05, 4.69) is 56.4 Å². The standard InChI is InChI=1S/C19H29NO/c1-15(2)14-20-11-6-7-16(3)13-19-18-9-5-4-8-17(18)10-12-21-19/h4-5,7-9,15,19-20H,6,10-14H2,1-3H3. The molecule has 1 heterocycles. The summed E-state index contributed by atoms with van der Waals surface area (Å²) in [6, 6.07) is 8.70. The molecule has 21 heavy (non-hydrogen) atoms. The second-order valence-corrected chi connectivity index (χ2v) is 6.45. The van der Waals surface area contributed by atoms with Gasteiger partial charge in [0.2, 0.25) is 0 Å². The van der Waals surface area contributed by atoms with E-state index in [1.807, 2.05) is 0 Å². The number of hydrogen-bond donors (Lipinski definition) is 1. The molecule has 0 spiro atoms. The van der Waals surface area contributed by atoms with Gasteiger partial charge in [0.05, 0.1) is 12.7 Å². The Morgan fingerprint density at radius 2 is 2.19 bits per heavy atom. The first-order valence-electron chi connectivity index (χ1n) is 8.22. The van der Waals surface area contributed by atoms with Gasteiger partial charge in [-0.1, -0.05) is 49.8 Å². The van der Waals surface area contributed by atoms with Crippen molar-refractivity contribution in [3.8, 4) is 0 Å². The van der Waals surface area contributed by atoms with E-state index in [0.717, 1.165) is 44.9 Å². The fourth-order valence-electron chi connectivity index (χ4n) is 2.83. The molecule has 1 aliphatic heterocycles. The lowest BCUT2D eigenvalue weighted by molar-refractivity contribution is 0.0427. The molecule has 1 atom stereocenters. The molecule has 1 aromatic carbocycles. The summed E-state index contributed by atoms with van der Waals surface area (Å²) in [5.74, 6) is 0.724. The third-order valence-corrected chi connectivity index (χ3v) is 3.97. The van der Waals surface area contributed by atoms with Gasteiger partial charge in [0, 0.05) is 0 Å². The zero-order chi connectivity index (χ0) is 15.1. The van der Waals surface area contributed by atoms with Crippen molar-refractivity contribution in [2.45, 2.75) is 46.1 Å². The maximum Gasteiger partial charge on any atom is 0.0864 e. The third kappa shape index (κ3) is 5.29. The van der Waals surface area contributed by atoms with Crippen LogP contribution in [0.2, 0.25) is 0 Å². The minimum absolute atomic E-state index is 0.245. The van der Waals surface area contributed by atoms with Gasteiger partial charge in [-0.3, -0.25) is 0 Å². The highest BCUT2D eigenvalue weighted by Gasteiger charge is 2.20. The Bertz CT molecular complexity index is 464. The Labute approximate surface area is 129 Å². The summed E-state index contributed by atoms with van der Waals surface area (Å²) < 4.78 is 5.98. The monoisotopic (exact) mass is 287 g/mol. The summed E-state index contributed by atoms with van der Waals surface area (Å²) in [7, 11) is 0. The molecular formula is C19H29NO. The lowest BCUT2D eigenvalue weighted by atomic mass is 9.93. The van der Waals surface area contributed by atoms with Crippen LogP contribution in [0.15, 0.2) is 35.9 Å². The Morgan fingerprint density at radius 1 is 1.38 bits per heavy atom. The Kier molecular flexibility index (Phi) is 6.47. The van der Waals surface area contributed by atoms with Crippen molar-refractivity contribution in [2.24, 2.45) is 5.92 Å². The van der Waals surface area contributed by atoms with Gasteiger partial charge in [0.1, 0.15) is 0 Å². The fourth-order valence-corrected chi connectivity index (χ4v) is 2.83. The van der Waals surface area contributed by atoms with E-state index in [9.17, 15) is 0 Å². The first-order chi connectivity index (χ1) is 10.2. The van der Waals surface area contributed by atoms with E-state index in [1.54, 1.807) is 0 Å². The van der Waals surface area contributed by atoms with Gasteiger partial charge in [0.15, 0.2) is 0 Å². The van der Waals surface area contributed by atoms with E-state index in [-0.39, 0.29) is 6.10 Å². The lowest BCUT2D eigenvalue weighted by Gasteiger charge is -2.26. The molecule has 2 rings (SSSR count). The van der Waals surface area contributed by atoms with E-state index in [4.69, 9.17) is 4.74 Å². The minimum Gasteiger partial charge on any atom is -0.373 e. The maximum absolute atomic E-state index is 5.98. The molecular weight excluding hydrogens is 258 g/mol. The molecule has 0 fully saturated rings. The van der Waals surface area contributed by atoms with Crippen LogP contribution >= 0.6 is 0 Å². The van der Waals surface area contributed by atoms with Crippen LogP contribution in [0.5, 0.6) is 0 Å². The molecule has 0 aliphatic carbocycles. The number of benzene rings is 1. The molecule has 0 saturated carbocycles. The normalized spacial score (nSPS) is 18.9. The number of ether oxygens (including phenoxy) is 1. The Hall–Kier alpha value is -1.12. The second-order valence-electron chi connectivity index (χ2n) is 6.45. The molecule has 2 heteroatoms. The largest absolute Gasteiger partial charge is 0.373 e. The van der Waals surface area contributed by atoms with Gasteiger partial charge in [-0.2, -0.15) is 0 Å². The van der Waals surface area contributed by atoms with Crippen LogP contribution in [0, 0.1) is 5.92 Å². The molecule has 1 aromatic rings. The number of fused-ring (bicyclic) bond motifs is 1. The van der Waals surface area contributed by atoms with Crippen molar-refractivity contribution >= 4 is 0 Å². The quantitative estimate of drug-likeness (QED) is 0.597. The van der Waals surface area contributed by atoms with Gasteiger partial charge in [-0.25, -0.2) is 0 Å². The average molecular weight is 287 g/mol. The number of hydrogen-bond acceptors (Lipinski definition) is 2. The summed E-state index contributed by atoms with van der Waals surface area (Å²) in [6.07, 6.45) is 5.77. The van der Waals surface area contributed by atoms with Crippen molar-refractivity contribution < 1.29 is 4.74 Å². The van der Waals surface area contributed by atoms with Gasteiger partial charge in [0.25, 0.3) is 0 Å². The second kappa shape index (κ2) is 8.35. The average Bonchev–Trinajstić information content (AvgIpc) is 2.47. The van der Waals surface area contributed by atoms with Crippen molar-refractivity contribution in [3.63, 3.8) is 0 Å². The van der Waals surface area contributed by atoms with E-state index in [0.29, 0.717) is 0 Å². The van der Waals surface area contributed by atoms with Crippen LogP contribution in [0.25, 0.3) is 0 Å². The maximum atomic E-state index is 5.98. The summed E-state index contributed by atoms with van der Waals surface area (Å²) in [6.45, 7) is 9.73. The highest BCUT2D eigenvalue weighted by molar-refractivity contribution is 5.31. The van der Waals surface area contributed by atoms with Crippen LogP contribution in [0.1, 0.15) is 50.8 Å². The molecule has 1 aliphatic rings. The zero-order valence-electron chi connectivity index (χ0n) is 13.7. The van der Waals surface area contributed by atoms with Gasteiger partial charge in [-0.15, -0.1) is 0 Å². The smallest absolute Gasteiger partial charge is 0.0864 e. The molecule has 1 N–H and O–H groups in total. The predicted octanol–water partition coefficient (Wildman–Crippen LogP) is 4.27. The molecule has 116 valence electrons. The first-order valence-corrected chi connectivity index (χ1v) is 8.22. The van der Waals surface area contributed by atoms with Crippen molar-refractivity contribution in [3.05, 3.63) is 47.0 Å². The van der Waals surface area contributed by atoms with Crippen LogP contribution in [-0.2, 0) is 11.2 Å². The van der Waals surface area contributed by atoms with Crippen LogP contribution in [0.4, 0.5) is 0 Å².